The second-order valence-corrected chi connectivity index (χ2v) is 4.10. The summed E-state index contributed by atoms with van der Waals surface area (Å²) in [7, 11) is 0. The number of carbonyl (C=O) groups is 1. The Hall–Kier alpha value is -2.81. The number of carbonyl (C=O) groups excluding carboxylic acids is 1. The fourth-order valence-electron chi connectivity index (χ4n) is 1.79. The SMILES string of the molecule is N#CCCC(NC(=O)Nc1ncco1)c1ccccc1. The maximum atomic E-state index is 11.9. The van der Waals surface area contributed by atoms with E-state index in [1.807, 2.05) is 30.3 Å². The molecule has 1 aromatic carbocycles. The molecule has 2 rings (SSSR count). The highest BCUT2D eigenvalue weighted by molar-refractivity contribution is 5.87. The Kier molecular flexibility index (Phi) is 4.73. The standard InChI is InChI=1S/C14H14N4O2/c15-8-4-7-12(11-5-2-1-3-6-11)17-13(19)18-14-16-9-10-20-14/h1-3,5-6,9-10,12H,4,7H2,(H2,16,17,18,19). The first-order chi connectivity index (χ1) is 9.79. The van der Waals surface area contributed by atoms with Gasteiger partial charge in [0.25, 0.3) is 0 Å². The van der Waals surface area contributed by atoms with Gasteiger partial charge >= 0.3 is 12.0 Å². The highest BCUT2D eigenvalue weighted by Crippen LogP contribution is 2.18. The lowest BCUT2D eigenvalue weighted by Gasteiger charge is -2.17. The molecule has 1 aromatic heterocycles. The summed E-state index contributed by atoms with van der Waals surface area (Å²) in [6.45, 7) is 0. The zero-order valence-electron chi connectivity index (χ0n) is 10.7. The highest BCUT2D eigenvalue weighted by atomic mass is 16.4. The van der Waals surface area contributed by atoms with E-state index >= 15 is 0 Å². The van der Waals surface area contributed by atoms with E-state index in [1.54, 1.807) is 0 Å². The molecule has 2 N–H and O–H groups in total. The molecule has 20 heavy (non-hydrogen) atoms. The minimum atomic E-state index is -0.417. The van der Waals surface area contributed by atoms with Gasteiger partial charge in [-0.1, -0.05) is 30.3 Å². The van der Waals surface area contributed by atoms with E-state index < -0.39 is 6.03 Å². The molecule has 1 unspecified atom stereocenters. The molecule has 0 fully saturated rings. The Balaban J connectivity index is 2.00. The number of aromatic nitrogens is 1. The van der Waals surface area contributed by atoms with E-state index in [4.69, 9.17) is 9.68 Å². The summed E-state index contributed by atoms with van der Waals surface area (Å²) in [5.74, 6) is 0. The van der Waals surface area contributed by atoms with Crippen molar-refractivity contribution in [3.8, 4) is 6.07 Å². The predicted molar refractivity (Wildman–Crippen MR) is 72.7 cm³/mol. The lowest BCUT2D eigenvalue weighted by molar-refractivity contribution is 0.247. The fourth-order valence-corrected chi connectivity index (χ4v) is 1.79. The van der Waals surface area contributed by atoms with Gasteiger partial charge in [-0.15, -0.1) is 0 Å². The maximum Gasteiger partial charge on any atom is 0.323 e. The molecule has 0 saturated carbocycles. The third-order valence-electron chi connectivity index (χ3n) is 2.70. The van der Waals surface area contributed by atoms with E-state index in [2.05, 4.69) is 21.7 Å². The molecule has 0 radical (unpaired) electrons. The summed E-state index contributed by atoms with van der Waals surface area (Å²) in [5.41, 5.74) is 0.949. The smallest absolute Gasteiger partial charge is 0.323 e. The van der Waals surface area contributed by atoms with Crippen LogP contribution in [-0.2, 0) is 0 Å². The van der Waals surface area contributed by atoms with E-state index in [0.717, 1.165) is 5.56 Å². The average molecular weight is 270 g/mol. The third-order valence-corrected chi connectivity index (χ3v) is 2.70. The van der Waals surface area contributed by atoms with Gasteiger partial charge in [0, 0.05) is 6.42 Å². The number of nitrogens with zero attached hydrogens (tertiary/aromatic N) is 2. The van der Waals surface area contributed by atoms with Crippen LogP contribution in [0, 0.1) is 11.3 Å². The topological polar surface area (TPSA) is 91.0 Å². The summed E-state index contributed by atoms with van der Waals surface area (Å²) < 4.78 is 4.94. The van der Waals surface area contributed by atoms with Gasteiger partial charge in [0.2, 0.25) is 0 Å². The molecule has 0 aliphatic carbocycles. The molecule has 6 heteroatoms. The van der Waals surface area contributed by atoms with Crippen LogP contribution in [-0.4, -0.2) is 11.0 Å². The zero-order chi connectivity index (χ0) is 14.2. The van der Waals surface area contributed by atoms with E-state index in [9.17, 15) is 4.79 Å². The summed E-state index contributed by atoms with van der Waals surface area (Å²) >= 11 is 0. The minimum Gasteiger partial charge on any atom is -0.432 e. The van der Waals surface area contributed by atoms with Crippen molar-refractivity contribution in [3.63, 3.8) is 0 Å². The summed E-state index contributed by atoms with van der Waals surface area (Å²) in [6, 6.07) is 11.1. The molecule has 2 aromatic rings. The van der Waals surface area contributed by atoms with E-state index in [-0.39, 0.29) is 12.1 Å². The molecule has 0 aliphatic heterocycles. The quantitative estimate of drug-likeness (QED) is 0.873. The number of amides is 2. The van der Waals surface area contributed by atoms with Crippen LogP contribution in [0.25, 0.3) is 0 Å². The van der Waals surface area contributed by atoms with Crippen molar-refractivity contribution in [1.29, 1.82) is 5.26 Å². The van der Waals surface area contributed by atoms with E-state index in [0.29, 0.717) is 12.8 Å². The number of anilines is 1. The Morgan fingerprint density at radius 1 is 1.40 bits per heavy atom. The van der Waals surface area contributed by atoms with E-state index in [1.165, 1.54) is 12.5 Å². The van der Waals surface area contributed by atoms with Gasteiger partial charge in [0.15, 0.2) is 0 Å². The number of hydrogen-bond donors (Lipinski definition) is 2. The average Bonchev–Trinajstić information content (AvgIpc) is 2.97. The number of nitriles is 1. The Labute approximate surface area is 116 Å². The molecular weight excluding hydrogens is 256 g/mol. The molecular formula is C14H14N4O2. The Morgan fingerprint density at radius 3 is 2.85 bits per heavy atom. The second-order valence-electron chi connectivity index (χ2n) is 4.10. The van der Waals surface area contributed by atoms with Crippen molar-refractivity contribution in [1.82, 2.24) is 10.3 Å². The summed E-state index contributed by atoms with van der Waals surface area (Å²) in [5, 5.41) is 14.0. The highest BCUT2D eigenvalue weighted by Gasteiger charge is 2.15. The van der Waals surface area contributed by atoms with Crippen molar-refractivity contribution >= 4 is 12.0 Å². The van der Waals surface area contributed by atoms with Crippen LogP contribution in [0.1, 0.15) is 24.4 Å². The molecule has 6 nitrogen and oxygen atoms in total. The number of hydrogen-bond acceptors (Lipinski definition) is 4. The number of benzene rings is 1. The van der Waals surface area contributed by atoms with Crippen LogP contribution in [0.4, 0.5) is 10.8 Å². The third kappa shape index (κ3) is 3.85. The molecule has 102 valence electrons. The van der Waals surface area contributed by atoms with Crippen LogP contribution < -0.4 is 10.6 Å². The molecule has 1 atom stereocenters. The lowest BCUT2D eigenvalue weighted by atomic mass is 10.0. The minimum absolute atomic E-state index is 0.134. The zero-order valence-corrected chi connectivity index (χ0v) is 10.7. The maximum absolute atomic E-state index is 11.9. The number of rotatable bonds is 5. The predicted octanol–water partition coefficient (Wildman–Crippen LogP) is 2.84. The van der Waals surface area contributed by atoms with Crippen LogP contribution in [0.15, 0.2) is 47.2 Å². The normalized spacial score (nSPS) is 11.3. The fraction of sp³-hybridized carbons (Fsp3) is 0.214. The van der Waals surface area contributed by atoms with Gasteiger partial charge < -0.3 is 9.73 Å². The van der Waals surface area contributed by atoms with Crippen LogP contribution in [0.3, 0.4) is 0 Å². The number of oxazole rings is 1. The van der Waals surface area contributed by atoms with Crippen molar-refractivity contribution in [2.45, 2.75) is 18.9 Å². The first-order valence-electron chi connectivity index (χ1n) is 6.18. The summed E-state index contributed by atoms with van der Waals surface area (Å²) in [6.07, 6.45) is 3.72. The van der Waals surface area contributed by atoms with Gasteiger partial charge in [-0.2, -0.15) is 5.26 Å². The first-order valence-corrected chi connectivity index (χ1v) is 6.18. The van der Waals surface area contributed by atoms with Gasteiger partial charge in [0.05, 0.1) is 18.3 Å². The molecule has 1 heterocycles. The van der Waals surface area contributed by atoms with Gasteiger partial charge in [-0.25, -0.2) is 9.78 Å². The Morgan fingerprint density at radius 2 is 2.20 bits per heavy atom. The number of nitrogens with one attached hydrogen (secondary N) is 2. The lowest BCUT2D eigenvalue weighted by Crippen LogP contribution is -2.32. The van der Waals surface area contributed by atoms with Crippen molar-refractivity contribution < 1.29 is 9.21 Å². The monoisotopic (exact) mass is 270 g/mol. The van der Waals surface area contributed by atoms with Crippen molar-refractivity contribution in [2.75, 3.05) is 5.32 Å². The van der Waals surface area contributed by atoms with Gasteiger partial charge in [0.1, 0.15) is 6.26 Å². The molecule has 0 spiro atoms. The number of urea groups is 1. The van der Waals surface area contributed by atoms with Crippen LogP contribution in [0.5, 0.6) is 0 Å². The Bertz CT molecular complexity index is 575. The molecule has 2 amide bonds. The largest absolute Gasteiger partial charge is 0.432 e. The van der Waals surface area contributed by atoms with Gasteiger partial charge in [-0.05, 0) is 12.0 Å². The van der Waals surface area contributed by atoms with Crippen LogP contribution >= 0.6 is 0 Å². The molecule has 0 aliphatic rings. The first kappa shape index (κ1) is 13.6. The molecule has 0 saturated heterocycles. The van der Waals surface area contributed by atoms with Gasteiger partial charge in [-0.3, -0.25) is 5.32 Å². The molecule has 0 bridgehead atoms. The van der Waals surface area contributed by atoms with Crippen molar-refractivity contribution in [2.24, 2.45) is 0 Å². The summed E-state index contributed by atoms with van der Waals surface area (Å²) in [4.78, 5) is 15.7. The van der Waals surface area contributed by atoms with Crippen molar-refractivity contribution in [3.05, 3.63) is 48.4 Å². The second kappa shape index (κ2) is 6.95. The van der Waals surface area contributed by atoms with Crippen LogP contribution in [0.2, 0.25) is 0 Å².